The lowest BCUT2D eigenvalue weighted by Crippen LogP contribution is -2.59. The van der Waals surface area contributed by atoms with Crippen LogP contribution in [-0.4, -0.2) is 51.4 Å². The number of carbonyl (C=O) groups excluding carboxylic acids is 1. The lowest BCUT2D eigenvalue weighted by atomic mass is 9.67. The van der Waals surface area contributed by atoms with Crippen LogP contribution in [-0.2, 0) is 6.54 Å². The molecule has 1 N–H and O–H groups in total. The molecular weight excluding hydrogens is 426 g/mol. The lowest BCUT2D eigenvalue weighted by Gasteiger charge is -2.54. The number of hydrogen-bond acceptors (Lipinski definition) is 5. The Morgan fingerprint density at radius 2 is 2.00 bits per heavy atom. The largest absolute Gasteiger partial charge is 0.361 e. The number of amides is 1. The highest BCUT2D eigenvalue weighted by Gasteiger charge is 2.45. The van der Waals surface area contributed by atoms with Crippen molar-refractivity contribution >= 4 is 17.5 Å². The van der Waals surface area contributed by atoms with Crippen LogP contribution in [0.5, 0.6) is 0 Å². The van der Waals surface area contributed by atoms with E-state index in [0.29, 0.717) is 45.2 Å². The molecule has 4 rings (SSSR count). The van der Waals surface area contributed by atoms with Crippen LogP contribution in [0.1, 0.15) is 75.9 Å². The third-order valence-corrected chi connectivity index (χ3v) is 7.35. The van der Waals surface area contributed by atoms with Gasteiger partial charge in [0.1, 0.15) is 27.9 Å². The Morgan fingerprint density at radius 3 is 2.56 bits per heavy atom. The van der Waals surface area contributed by atoms with Crippen LogP contribution in [0.4, 0.5) is 0 Å². The smallest absolute Gasteiger partial charge is 0.256 e. The second kappa shape index (κ2) is 8.82. The van der Waals surface area contributed by atoms with Gasteiger partial charge in [-0.3, -0.25) is 9.48 Å². The number of carbonyl (C=O) groups is 1. The van der Waals surface area contributed by atoms with Crippen LogP contribution >= 0.6 is 11.6 Å². The van der Waals surface area contributed by atoms with E-state index in [1.807, 2.05) is 13.8 Å². The molecule has 2 aromatic heterocycles. The van der Waals surface area contributed by atoms with Gasteiger partial charge in [0, 0.05) is 31.7 Å². The van der Waals surface area contributed by atoms with Crippen molar-refractivity contribution in [1.82, 2.24) is 25.2 Å². The summed E-state index contributed by atoms with van der Waals surface area (Å²) in [7, 11) is 0. The molecule has 1 amide bonds. The normalized spacial score (nSPS) is 19.3. The van der Waals surface area contributed by atoms with Gasteiger partial charge in [-0.2, -0.15) is 5.10 Å². The van der Waals surface area contributed by atoms with E-state index in [1.54, 1.807) is 10.7 Å². The molecule has 0 bridgehead atoms. The number of nitrogens with zero attached hydrogens (tertiary/aromatic N) is 4. The number of rotatable bonds is 6. The van der Waals surface area contributed by atoms with E-state index in [1.165, 1.54) is 38.9 Å². The Hall–Kier alpha value is -1.86. The molecule has 1 saturated carbocycles. The molecule has 0 unspecified atom stereocenters. The van der Waals surface area contributed by atoms with E-state index >= 15 is 0 Å². The fourth-order valence-corrected chi connectivity index (χ4v) is 5.34. The maximum Gasteiger partial charge on any atom is 0.256 e. The molecule has 3 heterocycles. The summed E-state index contributed by atoms with van der Waals surface area (Å²) in [4.78, 5) is 15.8. The zero-order valence-corrected chi connectivity index (χ0v) is 20.8. The van der Waals surface area contributed by atoms with Crippen LogP contribution in [0.2, 0.25) is 5.15 Å². The van der Waals surface area contributed by atoms with E-state index in [-0.39, 0.29) is 11.9 Å². The topological polar surface area (TPSA) is 76.2 Å². The van der Waals surface area contributed by atoms with Gasteiger partial charge in [-0.1, -0.05) is 37.5 Å². The minimum atomic E-state index is -0.174. The summed E-state index contributed by atoms with van der Waals surface area (Å²) >= 11 is 6.53. The molecule has 1 aliphatic heterocycles. The Kier molecular flexibility index (Phi) is 6.43. The second-order valence-electron chi connectivity index (χ2n) is 10.9. The molecule has 1 saturated heterocycles. The Bertz CT molecular complexity index is 958. The number of nitrogens with one attached hydrogen (secondary N) is 1. The first-order valence-corrected chi connectivity index (χ1v) is 12.2. The average Bonchev–Trinajstić information content (AvgIpc) is 3.28. The van der Waals surface area contributed by atoms with Crippen molar-refractivity contribution in [2.24, 2.45) is 10.8 Å². The number of hydrogen-bond donors (Lipinski definition) is 1. The Labute approximate surface area is 195 Å². The molecule has 7 nitrogen and oxygen atoms in total. The minimum Gasteiger partial charge on any atom is -0.361 e. The number of halogens is 1. The van der Waals surface area contributed by atoms with Gasteiger partial charge in [0.05, 0.1) is 0 Å². The molecule has 2 fully saturated rings. The molecule has 8 heteroatoms. The first kappa shape index (κ1) is 23.3. The highest BCUT2D eigenvalue weighted by atomic mass is 35.5. The van der Waals surface area contributed by atoms with Gasteiger partial charge in [-0.25, -0.2) is 0 Å². The number of likely N-dealkylation sites (tertiary alicyclic amines) is 1. The standard InChI is InChI=1S/C24H36ClN5O2/c1-6-30-21(25)19(20(27-30)18-13-16(2)32-28-18)22(31)26-17-7-9-24(10-8-17)14-29(15-24)12-11-23(3,4)5/h13,17H,6-12,14-15H2,1-5H3,(H,26,31). The molecular formula is C24H36ClN5O2. The van der Waals surface area contributed by atoms with Gasteiger partial charge in [-0.15, -0.1) is 0 Å². The van der Waals surface area contributed by atoms with Crippen LogP contribution in [0.25, 0.3) is 11.4 Å². The Morgan fingerprint density at radius 1 is 1.31 bits per heavy atom. The fourth-order valence-electron chi connectivity index (χ4n) is 5.01. The second-order valence-corrected chi connectivity index (χ2v) is 11.3. The predicted molar refractivity (Wildman–Crippen MR) is 126 cm³/mol. The molecule has 32 heavy (non-hydrogen) atoms. The highest BCUT2D eigenvalue weighted by molar-refractivity contribution is 6.33. The maximum atomic E-state index is 13.2. The van der Waals surface area contributed by atoms with E-state index in [9.17, 15) is 4.79 Å². The van der Waals surface area contributed by atoms with Crippen molar-refractivity contribution < 1.29 is 9.32 Å². The van der Waals surface area contributed by atoms with Gasteiger partial charge >= 0.3 is 0 Å². The van der Waals surface area contributed by atoms with Gasteiger partial charge in [0.15, 0.2) is 0 Å². The van der Waals surface area contributed by atoms with Gasteiger partial charge in [0.2, 0.25) is 0 Å². The SMILES string of the molecule is CCn1nc(-c2cc(C)on2)c(C(=O)NC2CCC3(CC2)CN(CCC(C)(C)C)C3)c1Cl. The van der Waals surface area contributed by atoms with Crippen LogP contribution in [0.3, 0.4) is 0 Å². The predicted octanol–water partition coefficient (Wildman–Crippen LogP) is 4.93. The van der Waals surface area contributed by atoms with Gasteiger partial charge in [-0.05, 0) is 63.3 Å². The molecule has 2 aromatic rings. The van der Waals surface area contributed by atoms with Crippen molar-refractivity contribution in [3.8, 4) is 11.4 Å². The van der Waals surface area contributed by atoms with E-state index < -0.39 is 0 Å². The number of aromatic nitrogens is 3. The third-order valence-electron chi connectivity index (χ3n) is 6.97. The quantitative estimate of drug-likeness (QED) is 0.659. The van der Waals surface area contributed by atoms with E-state index in [2.05, 4.69) is 41.2 Å². The monoisotopic (exact) mass is 461 g/mol. The summed E-state index contributed by atoms with van der Waals surface area (Å²) in [6.07, 6.45) is 5.59. The van der Waals surface area contributed by atoms with Gasteiger partial charge < -0.3 is 14.7 Å². The first-order chi connectivity index (χ1) is 15.1. The summed E-state index contributed by atoms with van der Waals surface area (Å²) in [5.74, 6) is 0.495. The summed E-state index contributed by atoms with van der Waals surface area (Å²) < 4.78 is 6.83. The highest BCUT2D eigenvalue weighted by Crippen LogP contribution is 2.44. The van der Waals surface area contributed by atoms with Crippen LogP contribution in [0, 0.1) is 17.8 Å². The fraction of sp³-hybridized carbons (Fsp3) is 0.708. The third kappa shape index (κ3) is 4.88. The lowest BCUT2D eigenvalue weighted by molar-refractivity contribution is -0.0372. The zero-order valence-electron chi connectivity index (χ0n) is 20.0. The van der Waals surface area contributed by atoms with Crippen molar-refractivity contribution in [1.29, 1.82) is 0 Å². The summed E-state index contributed by atoms with van der Waals surface area (Å²) in [6, 6.07) is 1.95. The minimum absolute atomic E-state index is 0.171. The molecule has 1 aliphatic carbocycles. The van der Waals surface area contributed by atoms with Crippen molar-refractivity contribution in [2.75, 3.05) is 19.6 Å². The van der Waals surface area contributed by atoms with Crippen molar-refractivity contribution in [3.63, 3.8) is 0 Å². The molecule has 176 valence electrons. The molecule has 0 radical (unpaired) electrons. The molecule has 2 aliphatic rings. The van der Waals surface area contributed by atoms with Crippen LogP contribution in [0.15, 0.2) is 10.6 Å². The van der Waals surface area contributed by atoms with Crippen molar-refractivity contribution in [2.45, 2.75) is 79.3 Å². The maximum absolute atomic E-state index is 13.2. The molecule has 0 atom stereocenters. The van der Waals surface area contributed by atoms with E-state index in [4.69, 9.17) is 16.1 Å². The number of aryl methyl sites for hydroxylation is 2. The zero-order chi connectivity index (χ0) is 23.1. The first-order valence-electron chi connectivity index (χ1n) is 11.8. The molecule has 1 spiro atoms. The van der Waals surface area contributed by atoms with Gasteiger partial charge in [0.25, 0.3) is 5.91 Å². The van der Waals surface area contributed by atoms with Crippen molar-refractivity contribution in [3.05, 3.63) is 22.5 Å². The average molecular weight is 462 g/mol. The Balaban J connectivity index is 1.36. The summed E-state index contributed by atoms with van der Waals surface area (Å²) in [5.41, 5.74) is 2.24. The summed E-state index contributed by atoms with van der Waals surface area (Å²) in [5, 5.41) is 12.1. The van der Waals surface area contributed by atoms with E-state index in [0.717, 1.165) is 12.8 Å². The summed E-state index contributed by atoms with van der Waals surface area (Å²) in [6.45, 7) is 14.9. The molecule has 0 aromatic carbocycles. The van der Waals surface area contributed by atoms with Crippen LogP contribution < -0.4 is 5.32 Å².